The number of rotatable bonds is 4. The second-order valence-corrected chi connectivity index (χ2v) is 4.97. The summed E-state index contributed by atoms with van der Waals surface area (Å²) in [5.74, 6) is -0.199. The predicted octanol–water partition coefficient (Wildman–Crippen LogP) is 2.86. The molecule has 0 spiro atoms. The minimum atomic E-state index is -0.199. The van der Waals surface area contributed by atoms with E-state index in [1.807, 2.05) is 27.0 Å². The smallest absolute Gasteiger partial charge is 0.128 e. The number of aromatic nitrogens is 2. The maximum Gasteiger partial charge on any atom is 0.128 e. The summed E-state index contributed by atoms with van der Waals surface area (Å²) in [4.78, 5) is 0.990. The van der Waals surface area contributed by atoms with Crippen LogP contribution in [-0.4, -0.2) is 16.6 Å². The van der Waals surface area contributed by atoms with E-state index in [0.717, 1.165) is 22.6 Å². The molecule has 0 saturated heterocycles. The highest BCUT2D eigenvalue weighted by Crippen LogP contribution is 2.29. The molecule has 96 valence electrons. The lowest BCUT2D eigenvalue weighted by atomic mass is 10.0. The monoisotopic (exact) mass is 265 g/mol. The average Bonchev–Trinajstić information content (AvgIpc) is 2.83. The summed E-state index contributed by atoms with van der Waals surface area (Å²) in [6.45, 7) is 3.99. The molecule has 0 bridgehead atoms. The van der Waals surface area contributed by atoms with Crippen LogP contribution in [0.3, 0.4) is 0 Å². The highest BCUT2D eigenvalue weighted by atomic mass is 32.1. The lowest BCUT2D eigenvalue weighted by Crippen LogP contribution is -2.19. The Morgan fingerprint density at radius 3 is 2.89 bits per heavy atom. The molecule has 0 aliphatic rings. The zero-order valence-corrected chi connectivity index (χ0v) is 11.5. The van der Waals surface area contributed by atoms with Crippen molar-refractivity contribution in [1.29, 1.82) is 0 Å². The summed E-state index contributed by atoms with van der Waals surface area (Å²) < 4.78 is 17.9. The van der Waals surface area contributed by atoms with E-state index in [9.17, 15) is 4.39 Å². The van der Waals surface area contributed by atoms with Crippen LogP contribution in [0, 0.1) is 12.7 Å². The van der Waals surface area contributed by atoms with Gasteiger partial charge in [0.15, 0.2) is 0 Å². The topological polar surface area (TPSA) is 37.8 Å². The van der Waals surface area contributed by atoms with Gasteiger partial charge in [-0.05, 0) is 38.0 Å². The molecule has 0 radical (unpaired) electrons. The van der Waals surface area contributed by atoms with E-state index >= 15 is 0 Å². The summed E-state index contributed by atoms with van der Waals surface area (Å²) in [5.41, 5.74) is 2.63. The van der Waals surface area contributed by atoms with Gasteiger partial charge < -0.3 is 5.32 Å². The van der Waals surface area contributed by atoms with E-state index in [1.165, 1.54) is 17.6 Å². The van der Waals surface area contributed by atoms with Crippen molar-refractivity contribution in [2.75, 3.05) is 7.05 Å². The molecule has 1 unspecified atom stereocenters. The van der Waals surface area contributed by atoms with Gasteiger partial charge in [-0.3, -0.25) is 0 Å². The van der Waals surface area contributed by atoms with E-state index < -0.39 is 0 Å². The highest BCUT2D eigenvalue weighted by molar-refractivity contribution is 7.05. The first kappa shape index (κ1) is 13.1. The first-order valence-corrected chi connectivity index (χ1v) is 6.69. The van der Waals surface area contributed by atoms with Gasteiger partial charge in [0.1, 0.15) is 5.82 Å². The number of benzene rings is 1. The van der Waals surface area contributed by atoms with Crippen molar-refractivity contribution in [2.45, 2.75) is 26.3 Å². The van der Waals surface area contributed by atoms with Crippen molar-refractivity contribution in [2.24, 2.45) is 0 Å². The molecule has 5 heteroatoms. The third-order valence-electron chi connectivity index (χ3n) is 2.93. The Morgan fingerprint density at radius 2 is 2.22 bits per heavy atom. The van der Waals surface area contributed by atoms with Crippen LogP contribution in [0.25, 0.3) is 0 Å². The largest absolute Gasteiger partial charge is 0.308 e. The summed E-state index contributed by atoms with van der Waals surface area (Å²) in [6, 6.07) is 4.97. The molecule has 1 atom stereocenters. The number of nitrogens with one attached hydrogen (secondary N) is 1. The van der Waals surface area contributed by atoms with E-state index in [1.54, 1.807) is 6.07 Å². The van der Waals surface area contributed by atoms with Gasteiger partial charge >= 0.3 is 0 Å². The van der Waals surface area contributed by atoms with E-state index in [0.29, 0.717) is 5.56 Å². The van der Waals surface area contributed by atoms with Gasteiger partial charge in [0.2, 0.25) is 0 Å². The molecule has 0 saturated carbocycles. The fourth-order valence-corrected chi connectivity index (χ4v) is 2.86. The number of aryl methyl sites for hydroxylation is 2. The van der Waals surface area contributed by atoms with Gasteiger partial charge in [0.05, 0.1) is 16.6 Å². The molecular formula is C13H16FN3S. The lowest BCUT2D eigenvalue weighted by Gasteiger charge is -2.17. The van der Waals surface area contributed by atoms with Crippen molar-refractivity contribution in [3.8, 4) is 0 Å². The third kappa shape index (κ3) is 2.42. The van der Waals surface area contributed by atoms with Crippen LogP contribution < -0.4 is 5.32 Å². The molecule has 1 aromatic carbocycles. The van der Waals surface area contributed by atoms with Crippen LogP contribution >= 0.6 is 11.5 Å². The number of hydrogen-bond donors (Lipinski definition) is 1. The fraction of sp³-hybridized carbons (Fsp3) is 0.385. The van der Waals surface area contributed by atoms with Crippen LogP contribution in [0.1, 0.15) is 34.7 Å². The molecular weight excluding hydrogens is 249 g/mol. The van der Waals surface area contributed by atoms with Gasteiger partial charge in [-0.25, -0.2) is 4.39 Å². The zero-order valence-electron chi connectivity index (χ0n) is 10.7. The van der Waals surface area contributed by atoms with E-state index in [-0.39, 0.29) is 11.9 Å². The first-order chi connectivity index (χ1) is 8.67. The summed E-state index contributed by atoms with van der Waals surface area (Å²) >= 11 is 1.33. The number of halogens is 1. The maximum atomic E-state index is 14.0. The van der Waals surface area contributed by atoms with Crippen molar-refractivity contribution in [1.82, 2.24) is 14.9 Å². The normalized spacial score (nSPS) is 12.7. The molecule has 0 aliphatic carbocycles. The quantitative estimate of drug-likeness (QED) is 0.923. The molecule has 2 rings (SSSR count). The second kappa shape index (κ2) is 5.54. The minimum Gasteiger partial charge on any atom is -0.308 e. The maximum absolute atomic E-state index is 14.0. The van der Waals surface area contributed by atoms with Crippen molar-refractivity contribution >= 4 is 11.5 Å². The summed E-state index contributed by atoms with van der Waals surface area (Å²) in [6.07, 6.45) is 0.803. The Labute approximate surface area is 110 Å². The zero-order chi connectivity index (χ0) is 13.1. The van der Waals surface area contributed by atoms with Crippen LogP contribution in [0.4, 0.5) is 4.39 Å². The van der Waals surface area contributed by atoms with Gasteiger partial charge in [0, 0.05) is 5.56 Å². The van der Waals surface area contributed by atoms with Gasteiger partial charge in [0.25, 0.3) is 0 Å². The van der Waals surface area contributed by atoms with Gasteiger partial charge in [-0.15, -0.1) is 5.10 Å². The minimum absolute atomic E-state index is 0.181. The highest BCUT2D eigenvalue weighted by Gasteiger charge is 2.21. The van der Waals surface area contributed by atoms with Crippen molar-refractivity contribution < 1.29 is 4.39 Å². The summed E-state index contributed by atoms with van der Waals surface area (Å²) in [5, 5.41) is 7.24. The van der Waals surface area contributed by atoms with E-state index in [4.69, 9.17) is 0 Å². The standard InChI is InChI=1S/C13H16FN3S/c1-4-11-13(18-17-16-11)12(15-3)9-7-8(2)5-6-10(9)14/h5-7,12,15H,4H2,1-3H3. The van der Waals surface area contributed by atoms with Crippen molar-refractivity contribution in [3.05, 3.63) is 45.7 Å². The van der Waals surface area contributed by atoms with Crippen LogP contribution in [0.5, 0.6) is 0 Å². The molecule has 3 nitrogen and oxygen atoms in total. The van der Waals surface area contributed by atoms with E-state index in [2.05, 4.69) is 14.9 Å². The molecule has 0 fully saturated rings. The fourth-order valence-electron chi connectivity index (χ4n) is 1.99. The van der Waals surface area contributed by atoms with Gasteiger partial charge in [-0.2, -0.15) is 0 Å². The Balaban J connectivity index is 2.48. The Kier molecular flexibility index (Phi) is 4.04. The van der Waals surface area contributed by atoms with Crippen molar-refractivity contribution in [3.63, 3.8) is 0 Å². The predicted molar refractivity (Wildman–Crippen MR) is 71.3 cm³/mol. The number of nitrogens with zero attached hydrogens (tertiary/aromatic N) is 2. The Morgan fingerprint density at radius 1 is 1.44 bits per heavy atom. The van der Waals surface area contributed by atoms with Crippen LogP contribution in [-0.2, 0) is 6.42 Å². The molecule has 0 amide bonds. The Bertz CT molecular complexity index is 539. The lowest BCUT2D eigenvalue weighted by molar-refractivity contribution is 0.576. The molecule has 2 aromatic rings. The molecule has 18 heavy (non-hydrogen) atoms. The molecule has 1 heterocycles. The van der Waals surface area contributed by atoms with Gasteiger partial charge in [-0.1, -0.05) is 29.1 Å². The molecule has 1 aromatic heterocycles. The molecule has 1 N–H and O–H groups in total. The summed E-state index contributed by atoms with van der Waals surface area (Å²) in [7, 11) is 1.82. The Hall–Kier alpha value is -1.33. The first-order valence-electron chi connectivity index (χ1n) is 5.91. The average molecular weight is 265 g/mol. The molecule has 0 aliphatic heterocycles. The van der Waals surface area contributed by atoms with Crippen LogP contribution in [0.2, 0.25) is 0 Å². The second-order valence-electron chi connectivity index (χ2n) is 4.18. The number of hydrogen-bond acceptors (Lipinski definition) is 4. The SMILES string of the molecule is CCc1nnsc1C(NC)c1cc(C)ccc1F. The van der Waals surface area contributed by atoms with Crippen LogP contribution in [0.15, 0.2) is 18.2 Å². The third-order valence-corrected chi connectivity index (χ3v) is 3.76.